The number of hydrogen-bond donors (Lipinski definition) is 2. The van der Waals surface area contributed by atoms with Gasteiger partial charge in [-0.3, -0.25) is 14.7 Å². The average Bonchev–Trinajstić information content (AvgIpc) is 3.00. The molecule has 3 rings (SSSR count). The van der Waals surface area contributed by atoms with Crippen molar-refractivity contribution in [2.45, 2.75) is 18.5 Å². The van der Waals surface area contributed by atoms with Gasteiger partial charge in [0.2, 0.25) is 5.91 Å². The van der Waals surface area contributed by atoms with Crippen LogP contribution in [0.5, 0.6) is 0 Å². The van der Waals surface area contributed by atoms with E-state index < -0.39 is 24.1 Å². The van der Waals surface area contributed by atoms with Crippen molar-refractivity contribution in [2.75, 3.05) is 11.9 Å². The molecule has 9 nitrogen and oxygen atoms in total. The largest absolute Gasteiger partial charge is 0.465 e. The minimum Gasteiger partial charge on any atom is -0.465 e. The highest BCUT2D eigenvalue weighted by Crippen LogP contribution is 2.25. The number of rotatable bonds is 3. The van der Waals surface area contributed by atoms with E-state index in [1.165, 1.54) is 0 Å². The van der Waals surface area contributed by atoms with Crippen LogP contribution in [-0.2, 0) is 4.79 Å². The Morgan fingerprint density at radius 3 is 2.92 bits per heavy atom. The lowest BCUT2D eigenvalue weighted by Crippen LogP contribution is -2.42. The first-order valence-corrected chi connectivity index (χ1v) is 7.28. The SMILES string of the molecule is [N-]=[N+]=NC1CC(C(=O)Nc2cccc3cccnc23)N(C(=O)O)C1. The van der Waals surface area contributed by atoms with Crippen LogP contribution >= 0.6 is 0 Å². The Bertz CT molecular complexity index is 843. The number of carboxylic acid groups (broad SMARTS) is 1. The number of para-hydroxylation sites is 1. The van der Waals surface area contributed by atoms with Gasteiger partial charge < -0.3 is 10.4 Å². The summed E-state index contributed by atoms with van der Waals surface area (Å²) in [5.41, 5.74) is 9.65. The first-order chi connectivity index (χ1) is 11.6. The third-order valence-electron chi connectivity index (χ3n) is 3.93. The number of pyridine rings is 1. The maximum Gasteiger partial charge on any atom is 0.407 e. The van der Waals surface area contributed by atoms with Gasteiger partial charge in [0.1, 0.15) is 6.04 Å². The molecule has 0 radical (unpaired) electrons. The molecule has 2 amide bonds. The molecule has 2 unspecified atom stereocenters. The summed E-state index contributed by atoms with van der Waals surface area (Å²) in [5, 5.41) is 16.4. The zero-order valence-corrected chi connectivity index (χ0v) is 12.5. The molecular weight excluding hydrogens is 312 g/mol. The highest BCUT2D eigenvalue weighted by atomic mass is 16.4. The van der Waals surface area contributed by atoms with Crippen LogP contribution in [0.25, 0.3) is 21.3 Å². The molecule has 9 heteroatoms. The molecule has 1 aliphatic rings. The van der Waals surface area contributed by atoms with Crippen molar-refractivity contribution < 1.29 is 14.7 Å². The standard InChI is InChI=1S/C15H14N6O3/c16-20-19-10-7-12(21(8-10)15(23)24)14(22)18-11-5-1-3-9-4-2-6-17-13(9)11/h1-6,10,12H,7-8H2,(H,18,22)(H,23,24). The molecule has 0 spiro atoms. The molecule has 24 heavy (non-hydrogen) atoms. The first kappa shape index (κ1) is 15.6. The number of fused-ring (bicyclic) bond motifs is 1. The van der Waals surface area contributed by atoms with Crippen molar-refractivity contribution in [3.05, 3.63) is 47.0 Å². The van der Waals surface area contributed by atoms with Gasteiger partial charge in [-0.25, -0.2) is 4.79 Å². The van der Waals surface area contributed by atoms with Crippen molar-refractivity contribution in [3.8, 4) is 0 Å². The summed E-state index contributed by atoms with van der Waals surface area (Å²) in [6.07, 6.45) is 0.552. The van der Waals surface area contributed by atoms with Crippen LogP contribution in [0.15, 0.2) is 41.6 Å². The Hall–Kier alpha value is -3.32. The zero-order valence-electron chi connectivity index (χ0n) is 12.5. The summed E-state index contributed by atoms with van der Waals surface area (Å²) < 4.78 is 0. The van der Waals surface area contributed by atoms with E-state index in [4.69, 9.17) is 5.53 Å². The van der Waals surface area contributed by atoms with E-state index in [1.54, 1.807) is 24.4 Å². The second kappa shape index (κ2) is 6.43. The Labute approximate surface area is 136 Å². The summed E-state index contributed by atoms with van der Waals surface area (Å²) >= 11 is 0. The van der Waals surface area contributed by atoms with Crippen molar-refractivity contribution in [1.82, 2.24) is 9.88 Å². The second-order valence-electron chi connectivity index (χ2n) is 5.42. The maximum atomic E-state index is 12.5. The smallest absolute Gasteiger partial charge is 0.407 e. The first-order valence-electron chi connectivity index (χ1n) is 7.28. The Kier molecular flexibility index (Phi) is 4.17. The van der Waals surface area contributed by atoms with Gasteiger partial charge in [0.05, 0.1) is 17.2 Å². The molecule has 1 aliphatic heterocycles. The molecule has 122 valence electrons. The third kappa shape index (κ3) is 2.92. The van der Waals surface area contributed by atoms with Crippen LogP contribution in [0.4, 0.5) is 10.5 Å². The number of nitrogens with one attached hydrogen (secondary N) is 1. The van der Waals surface area contributed by atoms with E-state index in [9.17, 15) is 14.7 Å². The van der Waals surface area contributed by atoms with Gasteiger partial charge in [-0.2, -0.15) is 0 Å². The van der Waals surface area contributed by atoms with E-state index in [-0.39, 0.29) is 13.0 Å². The number of carbonyl (C=O) groups is 2. The third-order valence-corrected chi connectivity index (χ3v) is 3.93. The van der Waals surface area contributed by atoms with E-state index >= 15 is 0 Å². The van der Waals surface area contributed by atoms with Gasteiger partial charge in [-0.1, -0.05) is 23.3 Å². The molecule has 1 aromatic carbocycles. The predicted octanol–water partition coefficient (Wildman–Crippen LogP) is 2.60. The summed E-state index contributed by atoms with van der Waals surface area (Å²) in [6, 6.07) is 7.57. The summed E-state index contributed by atoms with van der Waals surface area (Å²) in [4.78, 5) is 31.8. The van der Waals surface area contributed by atoms with E-state index in [0.29, 0.717) is 11.2 Å². The van der Waals surface area contributed by atoms with Crippen molar-refractivity contribution in [1.29, 1.82) is 0 Å². The molecule has 0 saturated carbocycles. The normalized spacial score (nSPS) is 19.8. The Morgan fingerprint density at radius 2 is 2.17 bits per heavy atom. The fraction of sp³-hybridized carbons (Fsp3) is 0.267. The minimum atomic E-state index is -1.22. The fourth-order valence-electron chi connectivity index (χ4n) is 2.85. The van der Waals surface area contributed by atoms with Crippen LogP contribution in [0.3, 0.4) is 0 Å². The molecule has 1 saturated heterocycles. The van der Waals surface area contributed by atoms with E-state index in [2.05, 4.69) is 20.3 Å². The number of likely N-dealkylation sites (tertiary alicyclic amines) is 1. The number of nitrogens with zero attached hydrogens (tertiary/aromatic N) is 5. The number of amides is 2. The monoisotopic (exact) mass is 326 g/mol. The molecule has 2 N–H and O–H groups in total. The average molecular weight is 326 g/mol. The van der Waals surface area contributed by atoms with E-state index in [0.717, 1.165) is 10.3 Å². The Morgan fingerprint density at radius 1 is 1.38 bits per heavy atom. The number of azide groups is 1. The van der Waals surface area contributed by atoms with Crippen molar-refractivity contribution in [2.24, 2.45) is 5.11 Å². The molecule has 1 aromatic heterocycles. The lowest BCUT2D eigenvalue weighted by Gasteiger charge is -2.20. The molecule has 2 heterocycles. The van der Waals surface area contributed by atoms with Crippen LogP contribution < -0.4 is 5.32 Å². The van der Waals surface area contributed by atoms with Gasteiger partial charge >= 0.3 is 6.09 Å². The number of benzene rings is 1. The van der Waals surface area contributed by atoms with Crippen LogP contribution in [0.1, 0.15) is 6.42 Å². The lowest BCUT2D eigenvalue weighted by atomic mass is 10.1. The van der Waals surface area contributed by atoms with Gasteiger partial charge in [0, 0.05) is 23.0 Å². The van der Waals surface area contributed by atoms with Gasteiger partial charge in [0.15, 0.2) is 0 Å². The van der Waals surface area contributed by atoms with Crippen LogP contribution in [0, 0.1) is 0 Å². The molecule has 2 atom stereocenters. The molecule has 1 fully saturated rings. The number of carbonyl (C=O) groups excluding carboxylic acids is 1. The zero-order chi connectivity index (χ0) is 17.1. The van der Waals surface area contributed by atoms with Crippen molar-refractivity contribution in [3.63, 3.8) is 0 Å². The second-order valence-corrected chi connectivity index (χ2v) is 5.42. The van der Waals surface area contributed by atoms with E-state index in [1.807, 2.05) is 12.1 Å². The topological polar surface area (TPSA) is 131 Å². The van der Waals surface area contributed by atoms with Gasteiger partial charge in [-0.15, -0.1) is 0 Å². The number of anilines is 1. The van der Waals surface area contributed by atoms with Crippen LogP contribution in [0.2, 0.25) is 0 Å². The highest BCUT2D eigenvalue weighted by molar-refractivity contribution is 6.03. The minimum absolute atomic E-state index is 0.00523. The summed E-state index contributed by atoms with van der Waals surface area (Å²) in [5.74, 6) is -0.466. The summed E-state index contributed by atoms with van der Waals surface area (Å²) in [6.45, 7) is 0.00523. The highest BCUT2D eigenvalue weighted by Gasteiger charge is 2.39. The van der Waals surface area contributed by atoms with Gasteiger partial charge in [0.25, 0.3) is 0 Å². The van der Waals surface area contributed by atoms with Crippen molar-refractivity contribution >= 4 is 28.6 Å². The number of hydrogen-bond acceptors (Lipinski definition) is 4. The quantitative estimate of drug-likeness (QED) is 0.509. The molecule has 0 bridgehead atoms. The number of aromatic nitrogens is 1. The predicted molar refractivity (Wildman–Crippen MR) is 86.4 cm³/mol. The molecular formula is C15H14N6O3. The maximum absolute atomic E-state index is 12.5. The Balaban J connectivity index is 1.85. The fourth-order valence-corrected chi connectivity index (χ4v) is 2.85. The van der Waals surface area contributed by atoms with Crippen LogP contribution in [-0.4, -0.2) is 45.6 Å². The summed E-state index contributed by atoms with van der Waals surface area (Å²) in [7, 11) is 0. The molecule has 0 aliphatic carbocycles. The van der Waals surface area contributed by atoms with Gasteiger partial charge in [-0.05, 0) is 24.1 Å². The lowest BCUT2D eigenvalue weighted by molar-refractivity contribution is -0.119. The molecule has 2 aromatic rings.